The summed E-state index contributed by atoms with van der Waals surface area (Å²) >= 11 is 0. The number of H-pyrrole nitrogens is 1. The molecule has 1 aliphatic carbocycles. The van der Waals surface area contributed by atoms with Gasteiger partial charge in [0, 0.05) is 37.8 Å². The molecule has 4 rings (SSSR count). The van der Waals surface area contributed by atoms with E-state index in [1.165, 1.54) is 44.8 Å². The summed E-state index contributed by atoms with van der Waals surface area (Å²) in [4.78, 5) is 10.4. The SMILES string of the molecule is CS(=O)(=O)N1CCc2[nH]cnc2C12CCN(C1CCCCCC1)CC2. The van der Waals surface area contributed by atoms with Crippen LogP contribution in [0.2, 0.25) is 0 Å². The van der Waals surface area contributed by atoms with E-state index in [1.54, 1.807) is 10.6 Å². The number of rotatable bonds is 2. The monoisotopic (exact) mass is 366 g/mol. The van der Waals surface area contributed by atoms with Gasteiger partial charge >= 0.3 is 0 Å². The van der Waals surface area contributed by atoms with Crippen molar-refractivity contribution < 1.29 is 8.42 Å². The predicted octanol–water partition coefficient (Wildman–Crippen LogP) is 2.24. The first kappa shape index (κ1) is 17.5. The number of nitrogens with one attached hydrogen (secondary N) is 1. The van der Waals surface area contributed by atoms with Gasteiger partial charge in [0.15, 0.2) is 0 Å². The van der Waals surface area contributed by atoms with Gasteiger partial charge in [0.1, 0.15) is 0 Å². The van der Waals surface area contributed by atoms with E-state index in [2.05, 4.69) is 14.9 Å². The Kier molecular flexibility index (Phi) is 4.67. The Morgan fingerprint density at radius 1 is 1.12 bits per heavy atom. The highest BCUT2D eigenvalue weighted by Gasteiger charge is 2.50. The maximum atomic E-state index is 12.5. The lowest BCUT2D eigenvalue weighted by atomic mass is 9.80. The molecule has 25 heavy (non-hydrogen) atoms. The second-order valence-corrected chi connectivity index (χ2v) is 9.93. The van der Waals surface area contributed by atoms with Gasteiger partial charge in [-0.15, -0.1) is 0 Å². The molecule has 1 spiro atoms. The third-order valence-corrected chi connectivity index (χ3v) is 7.90. The van der Waals surface area contributed by atoms with E-state index in [9.17, 15) is 8.42 Å². The lowest BCUT2D eigenvalue weighted by Crippen LogP contribution is -2.59. The minimum absolute atomic E-state index is 0.442. The van der Waals surface area contributed by atoms with Crippen molar-refractivity contribution in [1.82, 2.24) is 19.2 Å². The standard InChI is InChI=1S/C18H30N4O2S/c1-25(23,24)22-11-8-16-17(20-14-19-16)18(22)9-12-21(13-10-18)15-6-4-2-3-5-7-15/h14-15H,2-13H2,1H3,(H,19,20). The molecular formula is C18H30N4O2S. The average Bonchev–Trinajstić information content (AvgIpc) is 2.91. The van der Waals surface area contributed by atoms with E-state index in [0.717, 1.165) is 43.7 Å². The summed E-state index contributed by atoms with van der Waals surface area (Å²) in [6.45, 7) is 2.52. The van der Waals surface area contributed by atoms with E-state index >= 15 is 0 Å². The first-order chi connectivity index (χ1) is 12.0. The molecule has 2 aliphatic heterocycles. The molecule has 7 heteroatoms. The van der Waals surface area contributed by atoms with Crippen molar-refractivity contribution in [3.63, 3.8) is 0 Å². The maximum Gasteiger partial charge on any atom is 0.212 e. The smallest absolute Gasteiger partial charge is 0.212 e. The lowest BCUT2D eigenvalue weighted by molar-refractivity contribution is 0.0396. The van der Waals surface area contributed by atoms with Crippen LogP contribution in [0.1, 0.15) is 62.8 Å². The van der Waals surface area contributed by atoms with E-state index in [4.69, 9.17) is 0 Å². The summed E-state index contributed by atoms with van der Waals surface area (Å²) in [7, 11) is -3.24. The minimum Gasteiger partial charge on any atom is -0.348 e. The molecule has 2 fully saturated rings. The van der Waals surface area contributed by atoms with Crippen LogP contribution in [0.25, 0.3) is 0 Å². The van der Waals surface area contributed by atoms with Crippen molar-refractivity contribution in [2.45, 2.75) is 69.4 Å². The minimum atomic E-state index is -3.24. The topological polar surface area (TPSA) is 69.3 Å². The van der Waals surface area contributed by atoms with E-state index in [0.29, 0.717) is 12.6 Å². The molecule has 0 atom stereocenters. The van der Waals surface area contributed by atoms with Crippen molar-refractivity contribution >= 4 is 10.0 Å². The number of likely N-dealkylation sites (tertiary alicyclic amines) is 1. The molecule has 1 aromatic heterocycles. The van der Waals surface area contributed by atoms with Crippen molar-refractivity contribution in [3.05, 3.63) is 17.7 Å². The highest BCUT2D eigenvalue weighted by Crippen LogP contribution is 2.44. The predicted molar refractivity (Wildman–Crippen MR) is 97.8 cm³/mol. The van der Waals surface area contributed by atoms with Crippen molar-refractivity contribution in [1.29, 1.82) is 0 Å². The fraction of sp³-hybridized carbons (Fsp3) is 0.833. The summed E-state index contributed by atoms with van der Waals surface area (Å²) in [5.41, 5.74) is 1.66. The van der Waals surface area contributed by atoms with Gasteiger partial charge in [-0.3, -0.25) is 0 Å². The fourth-order valence-electron chi connectivity index (χ4n) is 5.31. The number of hydrogen-bond donors (Lipinski definition) is 1. The largest absolute Gasteiger partial charge is 0.348 e. The Hall–Kier alpha value is -0.920. The van der Waals surface area contributed by atoms with Gasteiger partial charge in [0.05, 0.1) is 23.8 Å². The van der Waals surface area contributed by atoms with Crippen LogP contribution in [0.15, 0.2) is 6.33 Å². The molecule has 0 radical (unpaired) electrons. The molecule has 6 nitrogen and oxygen atoms in total. The first-order valence-corrected chi connectivity index (χ1v) is 11.6. The summed E-state index contributed by atoms with van der Waals surface area (Å²) in [6, 6.07) is 0.689. The number of nitrogens with zero attached hydrogens (tertiary/aromatic N) is 3. The molecule has 1 N–H and O–H groups in total. The molecular weight excluding hydrogens is 336 g/mol. The summed E-state index contributed by atoms with van der Waals surface area (Å²) in [5, 5.41) is 0. The van der Waals surface area contributed by atoms with Crippen molar-refractivity contribution in [3.8, 4) is 0 Å². The van der Waals surface area contributed by atoms with Crippen molar-refractivity contribution in [2.75, 3.05) is 25.9 Å². The highest BCUT2D eigenvalue weighted by atomic mass is 32.2. The van der Waals surface area contributed by atoms with Crippen molar-refractivity contribution in [2.24, 2.45) is 0 Å². The first-order valence-electron chi connectivity index (χ1n) is 9.75. The molecule has 3 heterocycles. The van der Waals surface area contributed by atoms with Gasteiger partial charge in [0.2, 0.25) is 10.0 Å². The third kappa shape index (κ3) is 3.15. The molecule has 0 aromatic carbocycles. The Morgan fingerprint density at radius 2 is 1.80 bits per heavy atom. The summed E-state index contributed by atoms with van der Waals surface area (Å²) in [6.07, 6.45) is 13.5. The Balaban J connectivity index is 1.58. The quantitative estimate of drug-likeness (QED) is 0.815. The number of imidazole rings is 1. The number of aromatic amines is 1. The zero-order valence-corrected chi connectivity index (χ0v) is 16.0. The van der Waals surface area contributed by atoms with Crippen LogP contribution in [-0.4, -0.2) is 59.5 Å². The molecule has 0 amide bonds. The number of piperidine rings is 1. The highest BCUT2D eigenvalue weighted by molar-refractivity contribution is 7.88. The second-order valence-electron chi connectivity index (χ2n) is 8.03. The molecule has 0 unspecified atom stereocenters. The van der Waals surface area contributed by atoms with Crippen LogP contribution >= 0.6 is 0 Å². The lowest BCUT2D eigenvalue weighted by Gasteiger charge is -2.50. The van der Waals surface area contributed by atoms with Gasteiger partial charge in [0.25, 0.3) is 0 Å². The fourth-order valence-corrected chi connectivity index (χ4v) is 6.64. The molecule has 1 saturated heterocycles. The van der Waals surface area contributed by atoms with Crippen LogP contribution in [0.5, 0.6) is 0 Å². The Morgan fingerprint density at radius 3 is 2.44 bits per heavy atom. The normalized spacial score (nSPS) is 26.4. The van der Waals surface area contributed by atoms with E-state index < -0.39 is 15.6 Å². The van der Waals surface area contributed by atoms with E-state index in [1.807, 2.05) is 0 Å². The number of aromatic nitrogens is 2. The summed E-state index contributed by atoms with van der Waals surface area (Å²) < 4.78 is 26.7. The third-order valence-electron chi connectivity index (χ3n) is 6.57. The summed E-state index contributed by atoms with van der Waals surface area (Å²) in [5.74, 6) is 0. The number of fused-ring (bicyclic) bond motifs is 2. The number of hydrogen-bond acceptors (Lipinski definition) is 4. The van der Waals surface area contributed by atoms with Crippen LogP contribution in [0.3, 0.4) is 0 Å². The zero-order chi connectivity index (χ0) is 17.5. The Labute approximate surface area is 151 Å². The van der Waals surface area contributed by atoms with Gasteiger partial charge in [-0.1, -0.05) is 25.7 Å². The molecule has 140 valence electrons. The zero-order valence-electron chi connectivity index (χ0n) is 15.2. The van der Waals surface area contributed by atoms with E-state index in [-0.39, 0.29) is 0 Å². The molecule has 1 saturated carbocycles. The van der Waals surface area contributed by atoms with Gasteiger partial charge < -0.3 is 9.88 Å². The van der Waals surface area contributed by atoms with Crippen LogP contribution < -0.4 is 0 Å². The van der Waals surface area contributed by atoms with Crippen LogP contribution in [0.4, 0.5) is 0 Å². The van der Waals surface area contributed by atoms with Crippen LogP contribution in [0, 0.1) is 0 Å². The van der Waals surface area contributed by atoms with Gasteiger partial charge in [-0.05, 0) is 25.7 Å². The molecule has 1 aromatic rings. The molecule has 3 aliphatic rings. The van der Waals surface area contributed by atoms with Gasteiger partial charge in [-0.2, -0.15) is 4.31 Å². The maximum absolute atomic E-state index is 12.5. The molecule has 0 bridgehead atoms. The van der Waals surface area contributed by atoms with Gasteiger partial charge in [-0.25, -0.2) is 13.4 Å². The van der Waals surface area contributed by atoms with Crippen LogP contribution in [-0.2, 0) is 22.0 Å². The Bertz CT molecular complexity index is 698. The number of sulfonamides is 1. The average molecular weight is 367 g/mol. The second kappa shape index (κ2) is 6.67.